The van der Waals surface area contributed by atoms with E-state index in [9.17, 15) is 4.39 Å². The number of methoxy groups -OCH3 is 1. The number of fused-ring (bicyclic) bond motifs is 1. The van der Waals surface area contributed by atoms with Crippen LogP contribution in [0.3, 0.4) is 0 Å². The van der Waals surface area contributed by atoms with Crippen LogP contribution in [-0.4, -0.2) is 45.8 Å². The van der Waals surface area contributed by atoms with Gasteiger partial charge < -0.3 is 15.4 Å². The van der Waals surface area contributed by atoms with E-state index >= 15 is 0 Å². The maximum absolute atomic E-state index is 14.7. The Kier molecular flexibility index (Phi) is 4.35. The van der Waals surface area contributed by atoms with Gasteiger partial charge in [-0.3, -0.25) is 0 Å². The summed E-state index contributed by atoms with van der Waals surface area (Å²) < 4.78 is 21.8. The van der Waals surface area contributed by atoms with Crippen molar-refractivity contribution < 1.29 is 9.13 Å². The van der Waals surface area contributed by atoms with Crippen LogP contribution >= 0.6 is 0 Å². The van der Waals surface area contributed by atoms with Crippen LogP contribution in [-0.2, 0) is 0 Å². The molecule has 8 heteroatoms. The van der Waals surface area contributed by atoms with E-state index in [-0.39, 0.29) is 11.5 Å². The summed E-state index contributed by atoms with van der Waals surface area (Å²) in [5.74, 6) is 1.42. The van der Waals surface area contributed by atoms with Gasteiger partial charge in [0.15, 0.2) is 11.4 Å². The first-order valence-corrected chi connectivity index (χ1v) is 9.79. The molecule has 1 atom stereocenters. The lowest BCUT2D eigenvalue weighted by molar-refractivity contribution is 0.403. The molecular formula is C20H23FN6O. The molecule has 1 saturated carbocycles. The molecule has 3 aromatic rings. The number of ether oxygens (including phenoxy) is 1. The van der Waals surface area contributed by atoms with E-state index in [0.29, 0.717) is 29.0 Å². The van der Waals surface area contributed by atoms with E-state index in [1.807, 2.05) is 6.20 Å². The van der Waals surface area contributed by atoms with Crippen LogP contribution in [0.15, 0.2) is 24.5 Å². The smallest absolute Gasteiger partial charge is 0.165 e. The summed E-state index contributed by atoms with van der Waals surface area (Å²) >= 11 is 0. The Morgan fingerprint density at radius 1 is 1.25 bits per heavy atom. The zero-order chi connectivity index (χ0) is 19.1. The molecule has 0 aromatic carbocycles. The van der Waals surface area contributed by atoms with Crippen molar-refractivity contribution in [2.24, 2.45) is 0 Å². The van der Waals surface area contributed by atoms with E-state index in [1.165, 1.54) is 6.07 Å². The highest BCUT2D eigenvalue weighted by Gasteiger charge is 2.30. The summed E-state index contributed by atoms with van der Waals surface area (Å²) in [6.07, 6.45) is 7.83. The van der Waals surface area contributed by atoms with Gasteiger partial charge in [0.2, 0.25) is 0 Å². The highest BCUT2D eigenvalue weighted by atomic mass is 19.1. The third-order valence-electron chi connectivity index (χ3n) is 5.42. The van der Waals surface area contributed by atoms with Crippen molar-refractivity contribution >= 4 is 11.5 Å². The largest absolute Gasteiger partial charge is 0.493 e. The summed E-state index contributed by atoms with van der Waals surface area (Å²) in [4.78, 5) is 9.32. The predicted molar refractivity (Wildman–Crippen MR) is 104 cm³/mol. The molecule has 2 aliphatic rings. The SMILES string of the molecule is COc1cn2ncc(-c3nc(N[C@@H]4CCCNC4)ccc3F)c2nc1C1CC1. The number of piperidine rings is 1. The zero-order valence-electron chi connectivity index (χ0n) is 15.8. The molecule has 2 N–H and O–H groups in total. The molecule has 146 valence electrons. The van der Waals surface area contributed by atoms with Gasteiger partial charge in [0.25, 0.3) is 0 Å². The van der Waals surface area contributed by atoms with Crippen molar-refractivity contribution in [2.75, 3.05) is 25.5 Å². The van der Waals surface area contributed by atoms with Crippen molar-refractivity contribution in [1.29, 1.82) is 0 Å². The number of aromatic nitrogens is 4. The second-order valence-electron chi connectivity index (χ2n) is 7.51. The summed E-state index contributed by atoms with van der Waals surface area (Å²) in [5.41, 5.74) is 2.38. The van der Waals surface area contributed by atoms with Crippen molar-refractivity contribution in [3.63, 3.8) is 0 Å². The quantitative estimate of drug-likeness (QED) is 0.707. The van der Waals surface area contributed by atoms with Gasteiger partial charge in [-0.2, -0.15) is 5.10 Å². The van der Waals surface area contributed by atoms with Crippen molar-refractivity contribution in [1.82, 2.24) is 24.9 Å². The molecular weight excluding hydrogens is 359 g/mol. The topological polar surface area (TPSA) is 76.4 Å². The standard InChI is InChI=1S/C20H23FN6O/c1-28-16-11-27-20(26-18(16)12-4-5-12)14(10-23-27)19-15(21)6-7-17(25-19)24-13-3-2-8-22-9-13/h6-7,10-13,22H,2-5,8-9H2,1H3,(H,24,25)/t13-/m1/s1. The van der Waals surface area contributed by atoms with Gasteiger partial charge in [-0.1, -0.05) is 0 Å². The van der Waals surface area contributed by atoms with Gasteiger partial charge >= 0.3 is 0 Å². The molecule has 5 rings (SSSR count). The monoisotopic (exact) mass is 382 g/mol. The average molecular weight is 382 g/mol. The zero-order valence-corrected chi connectivity index (χ0v) is 15.8. The molecule has 7 nitrogen and oxygen atoms in total. The lowest BCUT2D eigenvalue weighted by Crippen LogP contribution is -2.38. The van der Waals surface area contributed by atoms with Crippen molar-refractivity contribution in [3.05, 3.63) is 36.0 Å². The number of rotatable bonds is 5. The second-order valence-corrected chi connectivity index (χ2v) is 7.51. The Balaban J connectivity index is 1.53. The lowest BCUT2D eigenvalue weighted by atomic mass is 10.1. The third-order valence-corrected chi connectivity index (χ3v) is 5.42. The first-order valence-electron chi connectivity index (χ1n) is 9.79. The fourth-order valence-corrected chi connectivity index (χ4v) is 3.78. The van der Waals surface area contributed by atoms with Crippen molar-refractivity contribution in [2.45, 2.75) is 37.6 Å². The fourth-order valence-electron chi connectivity index (χ4n) is 3.78. The Bertz CT molecular complexity index is 1010. The van der Waals surface area contributed by atoms with Gasteiger partial charge in [0.1, 0.15) is 17.3 Å². The first kappa shape index (κ1) is 17.4. The Morgan fingerprint density at radius 3 is 2.89 bits per heavy atom. The molecule has 1 aliphatic carbocycles. The summed E-state index contributed by atoms with van der Waals surface area (Å²) in [5, 5.41) is 11.1. The highest BCUT2D eigenvalue weighted by molar-refractivity contribution is 5.76. The molecule has 0 amide bonds. The molecule has 0 unspecified atom stereocenters. The number of nitrogens with one attached hydrogen (secondary N) is 2. The van der Waals surface area contributed by atoms with Gasteiger partial charge in [-0.25, -0.2) is 18.9 Å². The lowest BCUT2D eigenvalue weighted by Gasteiger charge is -2.24. The number of hydrogen-bond donors (Lipinski definition) is 2. The van der Waals surface area contributed by atoms with Gasteiger partial charge in [0, 0.05) is 18.5 Å². The van der Waals surface area contributed by atoms with Crippen LogP contribution in [0.25, 0.3) is 16.9 Å². The summed E-state index contributed by atoms with van der Waals surface area (Å²) in [7, 11) is 1.63. The molecule has 4 heterocycles. The van der Waals surface area contributed by atoms with E-state index in [4.69, 9.17) is 9.72 Å². The minimum atomic E-state index is -0.382. The second kappa shape index (κ2) is 7.01. The normalized spacial score (nSPS) is 19.7. The maximum atomic E-state index is 14.7. The molecule has 0 bridgehead atoms. The Labute approximate surface area is 162 Å². The van der Waals surface area contributed by atoms with Gasteiger partial charge in [0.05, 0.1) is 30.8 Å². The first-order chi connectivity index (χ1) is 13.7. The fraction of sp³-hybridized carbons (Fsp3) is 0.450. The van der Waals surface area contributed by atoms with Crippen LogP contribution in [0.1, 0.15) is 37.3 Å². The van der Waals surface area contributed by atoms with Crippen LogP contribution in [0.4, 0.5) is 10.2 Å². The van der Waals surface area contributed by atoms with E-state index in [1.54, 1.807) is 23.9 Å². The van der Waals surface area contributed by atoms with Crippen LogP contribution in [0, 0.1) is 5.82 Å². The number of nitrogens with zero attached hydrogens (tertiary/aromatic N) is 4. The molecule has 28 heavy (non-hydrogen) atoms. The van der Waals surface area contributed by atoms with E-state index in [2.05, 4.69) is 20.7 Å². The number of hydrogen-bond acceptors (Lipinski definition) is 6. The minimum absolute atomic E-state index is 0.267. The van der Waals surface area contributed by atoms with Crippen LogP contribution < -0.4 is 15.4 Å². The minimum Gasteiger partial charge on any atom is -0.493 e. The third kappa shape index (κ3) is 3.17. The number of pyridine rings is 1. The maximum Gasteiger partial charge on any atom is 0.165 e. The van der Waals surface area contributed by atoms with Crippen molar-refractivity contribution in [3.8, 4) is 17.0 Å². The molecule has 0 radical (unpaired) electrons. The number of halogens is 1. The van der Waals surface area contributed by atoms with Crippen LogP contribution in [0.5, 0.6) is 5.75 Å². The highest BCUT2D eigenvalue weighted by Crippen LogP contribution is 2.43. The molecule has 3 aromatic heterocycles. The molecule has 1 aliphatic heterocycles. The van der Waals surface area contributed by atoms with Gasteiger partial charge in [-0.15, -0.1) is 0 Å². The average Bonchev–Trinajstić information content (AvgIpc) is 3.49. The Hall–Kier alpha value is -2.74. The predicted octanol–water partition coefficient (Wildman–Crippen LogP) is 2.98. The molecule has 0 spiro atoms. The van der Waals surface area contributed by atoms with Gasteiger partial charge in [-0.05, 0) is 44.4 Å². The van der Waals surface area contributed by atoms with E-state index < -0.39 is 0 Å². The number of anilines is 1. The summed E-state index contributed by atoms with van der Waals surface area (Å²) in [6, 6.07) is 3.44. The van der Waals surface area contributed by atoms with E-state index in [0.717, 1.165) is 50.2 Å². The van der Waals surface area contributed by atoms with Crippen LogP contribution in [0.2, 0.25) is 0 Å². The molecule has 2 fully saturated rings. The molecule has 1 saturated heterocycles. The Morgan fingerprint density at radius 2 is 2.14 bits per heavy atom. The summed E-state index contributed by atoms with van der Waals surface area (Å²) in [6.45, 7) is 1.93.